The Bertz CT molecular complexity index is 532. The fraction of sp³-hybridized carbons (Fsp3) is 0.500. The number of nitrogens with zero attached hydrogens (tertiary/aromatic N) is 2. The molecular weight excluding hydrogens is 252 g/mol. The fourth-order valence-electron chi connectivity index (χ4n) is 2.48. The van der Waals surface area contributed by atoms with Crippen LogP contribution < -0.4 is 0 Å². The van der Waals surface area contributed by atoms with E-state index in [1.165, 1.54) is 5.56 Å². The lowest BCUT2D eigenvalue weighted by atomic mass is 10.0. The van der Waals surface area contributed by atoms with E-state index in [9.17, 15) is 4.79 Å². The van der Waals surface area contributed by atoms with E-state index in [1.54, 1.807) is 4.90 Å². The number of likely N-dealkylation sites (N-methyl/N-ethyl adjacent to an activating group) is 1. The third-order valence-electron chi connectivity index (χ3n) is 3.90. The molecule has 3 rings (SSSR count). The number of hydrogen-bond donors (Lipinski definition) is 0. The molecule has 0 saturated heterocycles. The van der Waals surface area contributed by atoms with E-state index in [0.717, 1.165) is 30.5 Å². The van der Waals surface area contributed by atoms with E-state index < -0.39 is 0 Å². The molecule has 106 valence electrons. The first-order valence-electron chi connectivity index (χ1n) is 7.18. The van der Waals surface area contributed by atoms with Gasteiger partial charge >= 0.3 is 0 Å². The molecule has 0 unspecified atom stereocenters. The summed E-state index contributed by atoms with van der Waals surface area (Å²) in [6.45, 7) is 2.69. The SMILES string of the molecule is Cc1ccc(C2=NO[C@H](CN(C)C(=O)C3CC3)C2)cc1. The first-order chi connectivity index (χ1) is 9.63. The second-order valence-corrected chi connectivity index (χ2v) is 5.83. The molecule has 1 amide bonds. The Hall–Kier alpha value is -1.84. The van der Waals surface area contributed by atoms with Crippen LogP contribution in [0.2, 0.25) is 0 Å². The van der Waals surface area contributed by atoms with Crippen LogP contribution in [0.5, 0.6) is 0 Å². The van der Waals surface area contributed by atoms with Gasteiger partial charge in [-0.25, -0.2) is 0 Å². The van der Waals surface area contributed by atoms with Crippen LogP contribution in [0.3, 0.4) is 0 Å². The number of hydrogen-bond acceptors (Lipinski definition) is 3. The van der Waals surface area contributed by atoms with Gasteiger partial charge in [0.1, 0.15) is 0 Å². The molecule has 4 heteroatoms. The van der Waals surface area contributed by atoms with E-state index in [-0.39, 0.29) is 17.9 Å². The molecule has 2 aliphatic rings. The molecule has 1 aromatic carbocycles. The zero-order valence-corrected chi connectivity index (χ0v) is 12.0. The van der Waals surface area contributed by atoms with Crippen molar-refractivity contribution in [2.45, 2.75) is 32.3 Å². The van der Waals surface area contributed by atoms with E-state index in [0.29, 0.717) is 6.54 Å². The number of amides is 1. The molecule has 1 aliphatic heterocycles. The van der Waals surface area contributed by atoms with Crippen molar-refractivity contribution in [3.63, 3.8) is 0 Å². The van der Waals surface area contributed by atoms with Gasteiger partial charge < -0.3 is 9.74 Å². The summed E-state index contributed by atoms with van der Waals surface area (Å²) < 4.78 is 0. The zero-order chi connectivity index (χ0) is 14.1. The molecule has 1 fully saturated rings. The summed E-state index contributed by atoms with van der Waals surface area (Å²) in [7, 11) is 1.86. The van der Waals surface area contributed by atoms with E-state index in [1.807, 2.05) is 7.05 Å². The maximum absolute atomic E-state index is 11.9. The minimum Gasteiger partial charge on any atom is -0.390 e. The van der Waals surface area contributed by atoms with Crippen molar-refractivity contribution in [2.24, 2.45) is 11.1 Å². The Kier molecular flexibility index (Phi) is 3.47. The Balaban J connectivity index is 1.55. The van der Waals surface area contributed by atoms with Gasteiger partial charge in [0.05, 0.1) is 12.3 Å². The normalized spacial score (nSPS) is 21.3. The van der Waals surface area contributed by atoms with Crippen LogP contribution in [-0.4, -0.2) is 36.2 Å². The number of carbonyl (C=O) groups is 1. The minimum atomic E-state index is -0.0148. The smallest absolute Gasteiger partial charge is 0.225 e. The molecule has 1 aromatic rings. The van der Waals surface area contributed by atoms with Gasteiger partial charge in [-0.15, -0.1) is 0 Å². The van der Waals surface area contributed by atoms with Gasteiger partial charge in [-0.1, -0.05) is 35.0 Å². The molecule has 20 heavy (non-hydrogen) atoms. The summed E-state index contributed by atoms with van der Waals surface area (Å²) >= 11 is 0. The minimum absolute atomic E-state index is 0.0148. The molecule has 1 heterocycles. The Morgan fingerprint density at radius 3 is 2.70 bits per heavy atom. The summed E-state index contributed by atoms with van der Waals surface area (Å²) in [5, 5.41) is 4.17. The second-order valence-electron chi connectivity index (χ2n) is 5.83. The maximum atomic E-state index is 11.9. The summed E-state index contributed by atoms with van der Waals surface area (Å²) in [5.41, 5.74) is 3.32. The highest BCUT2D eigenvalue weighted by Gasteiger charge is 2.34. The molecule has 0 N–H and O–H groups in total. The van der Waals surface area contributed by atoms with E-state index in [2.05, 4.69) is 36.3 Å². The van der Waals surface area contributed by atoms with Crippen LogP contribution >= 0.6 is 0 Å². The largest absolute Gasteiger partial charge is 0.390 e. The van der Waals surface area contributed by atoms with Crippen LogP contribution in [0.1, 0.15) is 30.4 Å². The maximum Gasteiger partial charge on any atom is 0.225 e. The van der Waals surface area contributed by atoms with Crippen LogP contribution in [0.15, 0.2) is 29.4 Å². The summed E-state index contributed by atoms with van der Waals surface area (Å²) in [4.78, 5) is 19.2. The first-order valence-corrected chi connectivity index (χ1v) is 7.18. The second kappa shape index (κ2) is 5.27. The van der Waals surface area contributed by atoms with Crippen molar-refractivity contribution in [1.82, 2.24) is 4.90 Å². The summed E-state index contributed by atoms with van der Waals surface area (Å²) in [6.07, 6.45) is 2.84. The Labute approximate surface area is 119 Å². The molecule has 1 saturated carbocycles. The van der Waals surface area contributed by atoms with Crippen molar-refractivity contribution in [1.29, 1.82) is 0 Å². The number of oxime groups is 1. The highest BCUT2D eigenvalue weighted by Crippen LogP contribution is 2.31. The number of carbonyl (C=O) groups excluding carboxylic acids is 1. The molecular formula is C16H20N2O2. The molecule has 0 bridgehead atoms. The van der Waals surface area contributed by atoms with Crippen molar-refractivity contribution in [3.05, 3.63) is 35.4 Å². The standard InChI is InChI=1S/C16H20N2O2/c1-11-3-5-12(6-4-11)15-9-14(20-17-15)10-18(2)16(19)13-7-8-13/h3-6,13-14H,7-10H2,1-2H3/t14-/m0/s1. The van der Waals surface area contributed by atoms with Gasteiger partial charge in [0, 0.05) is 19.4 Å². The lowest BCUT2D eigenvalue weighted by molar-refractivity contribution is -0.132. The molecule has 1 atom stereocenters. The van der Waals surface area contributed by atoms with Crippen molar-refractivity contribution >= 4 is 11.6 Å². The zero-order valence-electron chi connectivity index (χ0n) is 12.0. The summed E-state index contributed by atoms with van der Waals surface area (Å²) in [5.74, 6) is 0.510. The topological polar surface area (TPSA) is 41.9 Å². The number of rotatable bonds is 4. The summed E-state index contributed by atoms with van der Waals surface area (Å²) in [6, 6.07) is 8.29. The third-order valence-corrected chi connectivity index (χ3v) is 3.90. The number of benzene rings is 1. The van der Waals surface area contributed by atoms with Gasteiger partial charge in [0.2, 0.25) is 5.91 Å². The Morgan fingerprint density at radius 2 is 2.05 bits per heavy atom. The van der Waals surface area contributed by atoms with E-state index >= 15 is 0 Å². The predicted molar refractivity (Wildman–Crippen MR) is 77.6 cm³/mol. The van der Waals surface area contributed by atoms with Crippen molar-refractivity contribution < 1.29 is 9.63 Å². The van der Waals surface area contributed by atoms with Crippen molar-refractivity contribution in [2.75, 3.05) is 13.6 Å². The van der Waals surface area contributed by atoms with Crippen LogP contribution in [0, 0.1) is 12.8 Å². The highest BCUT2D eigenvalue weighted by atomic mass is 16.6. The van der Waals surface area contributed by atoms with Crippen LogP contribution in [0.25, 0.3) is 0 Å². The van der Waals surface area contributed by atoms with Gasteiger partial charge in [0.15, 0.2) is 6.10 Å². The van der Waals surface area contributed by atoms with Gasteiger partial charge in [-0.3, -0.25) is 4.79 Å². The lowest BCUT2D eigenvalue weighted by Gasteiger charge is -2.19. The lowest BCUT2D eigenvalue weighted by Crippen LogP contribution is -2.35. The quantitative estimate of drug-likeness (QED) is 0.844. The monoisotopic (exact) mass is 272 g/mol. The molecule has 0 radical (unpaired) electrons. The molecule has 4 nitrogen and oxygen atoms in total. The fourth-order valence-corrected chi connectivity index (χ4v) is 2.48. The molecule has 0 aromatic heterocycles. The average Bonchev–Trinajstić information content (AvgIpc) is 3.19. The average molecular weight is 272 g/mol. The molecule has 1 aliphatic carbocycles. The number of aryl methyl sites for hydroxylation is 1. The van der Waals surface area contributed by atoms with Crippen molar-refractivity contribution in [3.8, 4) is 0 Å². The van der Waals surface area contributed by atoms with Crippen LogP contribution in [-0.2, 0) is 9.63 Å². The highest BCUT2D eigenvalue weighted by molar-refractivity contribution is 6.01. The first kappa shape index (κ1) is 13.2. The van der Waals surface area contributed by atoms with E-state index in [4.69, 9.17) is 4.84 Å². The third kappa shape index (κ3) is 2.84. The van der Waals surface area contributed by atoms with Gasteiger partial charge in [-0.05, 0) is 25.3 Å². The van der Waals surface area contributed by atoms with Gasteiger partial charge in [-0.2, -0.15) is 0 Å². The van der Waals surface area contributed by atoms with Gasteiger partial charge in [0.25, 0.3) is 0 Å². The molecule has 0 spiro atoms. The predicted octanol–water partition coefficient (Wildman–Crippen LogP) is 2.36. The Morgan fingerprint density at radius 1 is 1.35 bits per heavy atom. The van der Waals surface area contributed by atoms with Crippen LogP contribution in [0.4, 0.5) is 0 Å².